The van der Waals surface area contributed by atoms with Gasteiger partial charge in [0.1, 0.15) is 0 Å². The molecule has 1 atom stereocenters. The number of hydrogen-bond acceptors (Lipinski definition) is 1. The zero-order chi connectivity index (χ0) is 10.9. The molecule has 90 valence electrons. The smallest absolute Gasteiger partial charge is 0.000702 e. The summed E-state index contributed by atoms with van der Waals surface area (Å²) >= 11 is 0. The Morgan fingerprint density at radius 3 is 2.40 bits per heavy atom. The van der Waals surface area contributed by atoms with Gasteiger partial charge in [0, 0.05) is 6.54 Å². The Labute approximate surface area is 96.2 Å². The summed E-state index contributed by atoms with van der Waals surface area (Å²) in [4.78, 5) is 2.67. The summed E-state index contributed by atoms with van der Waals surface area (Å²) < 4.78 is 0. The first kappa shape index (κ1) is 13.0. The fourth-order valence-electron chi connectivity index (χ4n) is 2.59. The van der Waals surface area contributed by atoms with Gasteiger partial charge in [0.05, 0.1) is 0 Å². The van der Waals surface area contributed by atoms with Crippen LogP contribution in [0.1, 0.15) is 65.2 Å². The van der Waals surface area contributed by atoms with Crippen molar-refractivity contribution < 1.29 is 0 Å². The van der Waals surface area contributed by atoms with Gasteiger partial charge in [-0.1, -0.05) is 46.0 Å². The quantitative estimate of drug-likeness (QED) is 0.574. The predicted molar refractivity (Wildman–Crippen MR) is 68.2 cm³/mol. The molecule has 1 heterocycles. The van der Waals surface area contributed by atoms with Gasteiger partial charge in [0.2, 0.25) is 0 Å². The lowest BCUT2D eigenvalue weighted by atomic mass is 10.0. The zero-order valence-electron chi connectivity index (χ0n) is 10.8. The third-order valence-electron chi connectivity index (χ3n) is 3.57. The molecule has 1 heteroatoms. The summed E-state index contributed by atoms with van der Waals surface area (Å²) in [5.74, 6) is 0.917. The third kappa shape index (κ3) is 6.19. The topological polar surface area (TPSA) is 3.24 Å². The van der Waals surface area contributed by atoms with Crippen molar-refractivity contribution in [3.05, 3.63) is 0 Å². The lowest BCUT2D eigenvalue weighted by molar-refractivity contribution is 0.195. The van der Waals surface area contributed by atoms with Crippen molar-refractivity contribution in [2.75, 3.05) is 19.6 Å². The fourth-order valence-corrected chi connectivity index (χ4v) is 2.59. The summed E-state index contributed by atoms with van der Waals surface area (Å²) in [6, 6.07) is 0. The van der Waals surface area contributed by atoms with Crippen molar-refractivity contribution in [3.63, 3.8) is 0 Å². The van der Waals surface area contributed by atoms with Gasteiger partial charge >= 0.3 is 0 Å². The lowest BCUT2D eigenvalue weighted by Gasteiger charge is -2.29. The molecule has 1 unspecified atom stereocenters. The van der Waals surface area contributed by atoms with Crippen molar-refractivity contribution in [1.29, 1.82) is 0 Å². The predicted octanol–water partition coefficient (Wildman–Crippen LogP) is 4.08. The number of nitrogens with zero attached hydrogens (tertiary/aromatic N) is 1. The first-order valence-corrected chi connectivity index (χ1v) is 7.05. The number of likely N-dealkylation sites (tertiary alicyclic amines) is 1. The van der Waals surface area contributed by atoms with Crippen LogP contribution in [0, 0.1) is 5.92 Å². The van der Waals surface area contributed by atoms with Crippen LogP contribution >= 0.6 is 0 Å². The highest BCUT2D eigenvalue weighted by molar-refractivity contribution is 4.67. The van der Waals surface area contributed by atoms with E-state index in [1.807, 2.05) is 0 Å². The second kappa shape index (κ2) is 8.15. The highest BCUT2D eigenvalue weighted by Crippen LogP contribution is 2.15. The van der Waals surface area contributed by atoms with E-state index in [4.69, 9.17) is 0 Å². The zero-order valence-corrected chi connectivity index (χ0v) is 10.8. The molecular formula is C14H29N. The SMILES string of the molecule is CCCCCCC(C)CN1CCCCC1. The molecule has 1 fully saturated rings. The third-order valence-corrected chi connectivity index (χ3v) is 3.57. The normalized spacial score (nSPS) is 20.4. The molecule has 0 aromatic carbocycles. The van der Waals surface area contributed by atoms with Crippen LogP contribution in [-0.2, 0) is 0 Å². The summed E-state index contributed by atoms with van der Waals surface area (Å²) in [5.41, 5.74) is 0. The maximum Gasteiger partial charge on any atom is 0.000702 e. The molecule has 1 saturated heterocycles. The fraction of sp³-hybridized carbons (Fsp3) is 1.00. The van der Waals surface area contributed by atoms with Gasteiger partial charge in [0.25, 0.3) is 0 Å². The maximum atomic E-state index is 2.67. The minimum Gasteiger partial charge on any atom is -0.303 e. The summed E-state index contributed by atoms with van der Waals surface area (Å²) in [6.45, 7) is 8.79. The van der Waals surface area contributed by atoms with E-state index in [1.54, 1.807) is 0 Å². The molecule has 0 saturated carbocycles. The van der Waals surface area contributed by atoms with Crippen LogP contribution in [0.25, 0.3) is 0 Å². The lowest BCUT2D eigenvalue weighted by Crippen LogP contribution is -2.33. The molecule has 0 N–H and O–H groups in total. The van der Waals surface area contributed by atoms with Crippen LogP contribution in [0.2, 0.25) is 0 Å². The second-order valence-corrected chi connectivity index (χ2v) is 5.32. The Kier molecular flexibility index (Phi) is 7.08. The van der Waals surface area contributed by atoms with Crippen LogP contribution in [0.3, 0.4) is 0 Å². The first-order valence-electron chi connectivity index (χ1n) is 7.05. The van der Waals surface area contributed by atoms with E-state index in [9.17, 15) is 0 Å². The van der Waals surface area contributed by atoms with E-state index in [0.29, 0.717) is 0 Å². The number of rotatable bonds is 7. The minimum atomic E-state index is 0.917. The van der Waals surface area contributed by atoms with Crippen LogP contribution in [-0.4, -0.2) is 24.5 Å². The van der Waals surface area contributed by atoms with Crippen LogP contribution < -0.4 is 0 Å². The van der Waals surface area contributed by atoms with Gasteiger partial charge < -0.3 is 4.90 Å². The Bertz CT molecular complexity index is 138. The van der Waals surface area contributed by atoms with Gasteiger partial charge in [0.15, 0.2) is 0 Å². The van der Waals surface area contributed by atoms with Crippen molar-refractivity contribution in [2.24, 2.45) is 5.92 Å². The van der Waals surface area contributed by atoms with E-state index >= 15 is 0 Å². The maximum absolute atomic E-state index is 2.67. The summed E-state index contributed by atoms with van der Waals surface area (Å²) in [5, 5.41) is 0. The molecule has 0 amide bonds. The van der Waals surface area contributed by atoms with Crippen molar-refractivity contribution in [3.8, 4) is 0 Å². The van der Waals surface area contributed by atoms with Gasteiger partial charge in [-0.05, 0) is 38.3 Å². The molecule has 0 aromatic heterocycles. The Morgan fingerprint density at radius 1 is 1.00 bits per heavy atom. The molecule has 0 radical (unpaired) electrons. The molecule has 1 aliphatic heterocycles. The second-order valence-electron chi connectivity index (χ2n) is 5.32. The molecule has 1 nitrogen and oxygen atoms in total. The average molecular weight is 211 g/mol. The minimum absolute atomic E-state index is 0.917. The van der Waals surface area contributed by atoms with E-state index in [2.05, 4.69) is 18.7 Å². The average Bonchev–Trinajstić information content (AvgIpc) is 2.26. The highest BCUT2D eigenvalue weighted by Gasteiger charge is 2.12. The van der Waals surface area contributed by atoms with Gasteiger partial charge in [-0.2, -0.15) is 0 Å². The van der Waals surface area contributed by atoms with Crippen LogP contribution in [0.4, 0.5) is 0 Å². The molecule has 0 bridgehead atoms. The van der Waals surface area contributed by atoms with E-state index in [-0.39, 0.29) is 0 Å². The molecular weight excluding hydrogens is 182 g/mol. The van der Waals surface area contributed by atoms with Crippen molar-refractivity contribution in [1.82, 2.24) is 4.90 Å². The summed E-state index contributed by atoms with van der Waals surface area (Å²) in [7, 11) is 0. The molecule has 1 rings (SSSR count). The standard InChI is InChI=1S/C14H29N/c1-3-4-5-7-10-14(2)13-15-11-8-6-9-12-15/h14H,3-13H2,1-2H3. The molecule has 0 aromatic rings. The molecule has 15 heavy (non-hydrogen) atoms. The monoisotopic (exact) mass is 211 g/mol. The number of hydrogen-bond donors (Lipinski definition) is 0. The van der Waals surface area contributed by atoms with Crippen molar-refractivity contribution >= 4 is 0 Å². The van der Waals surface area contributed by atoms with E-state index in [1.165, 1.54) is 71.0 Å². The summed E-state index contributed by atoms with van der Waals surface area (Å²) in [6.07, 6.45) is 11.4. The van der Waals surface area contributed by atoms with Gasteiger partial charge in [-0.15, -0.1) is 0 Å². The van der Waals surface area contributed by atoms with Gasteiger partial charge in [-0.3, -0.25) is 0 Å². The van der Waals surface area contributed by atoms with Crippen LogP contribution in [0.5, 0.6) is 0 Å². The number of unbranched alkanes of at least 4 members (excludes halogenated alkanes) is 3. The molecule has 0 aliphatic carbocycles. The first-order chi connectivity index (χ1) is 7.33. The van der Waals surface area contributed by atoms with E-state index < -0.39 is 0 Å². The van der Waals surface area contributed by atoms with Crippen LogP contribution in [0.15, 0.2) is 0 Å². The Hall–Kier alpha value is -0.0400. The van der Waals surface area contributed by atoms with E-state index in [0.717, 1.165) is 5.92 Å². The van der Waals surface area contributed by atoms with Crippen molar-refractivity contribution in [2.45, 2.75) is 65.2 Å². The number of piperidine rings is 1. The Morgan fingerprint density at radius 2 is 1.73 bits per heavy atom. The largest absolute Gasteiger partial charge is 0.303 e. The van der Waals surface area contributed by atoms with Gasteiger partial charge in [-0.25, -0.2) is 0 Å². The highest BCUT2D eigenvalue weighted by atomic mass is 15.1. The molecule has 1 aliphatic rings. The molecule has 0 spiro atoms. The Balaban J connectivity index is 1.98.